The van der Waals surface area contributed by atoms with E-state index in [1.165, 1.54) is 35.2 Å². The molecule has 0 bridgehead atoms. The van der Waals surface area contributed by atoms with Gasteiger partial charge in [0.1, 0.15) is 0 Å². The monoisotopic (exact) mass is 245 g/mol. The van der Waals surface area contributed by atoms with Crippen LogP contribution in [0.5, 0.6) is 0 Å². The predicted molar refractivity (Wildman–Crippen MR) is 56.6 cm³/mol. The fourth-order valence-corrected chi connectivity index (χ4v) is 3.39. The third kappa shape index (κ3) is 1.73. The van der Waals surface area contributed by atoms with Gasteiger partial charge in [-0.2, -0.15) is 0 Å². The first kappa shape index (κ1) is 8.73. The minimum Gasteiger partial charge on any atom is -0.309 e. The van der Waals surface area contributed by atoms with Crippen molar-refractivity contribution in [2.24, 2.45) is 0 Å². The Balaban J connectivity index is 2.13. The molecule has 1 fully saturated rings. The molecule has 0 radical (unpaired) electrons. The van der Waals surface area contributed by atoms with Crippen molar-refractivity contribution in [3.8, 4) is 0 Å². The van der Waals surface area contributed by atoms with Gasteiger partial charge in [-0.05, 0) is 46.8 Å². The summed E-state index contributed by atoms with van der Waals surface area (Å²) >= 11 is 5.42. The van der Waals surface area contributed by atoms with Crippen LogP contribution in [0.2, 0.25) is 0 Å². The van der Waals surface area contributed by atoms with Crippen LogP contribution in [0.15, 0.2) is 15.9 Å². The molecule has 66 valence electrons. The zero-order valence-electron chi connectivity index (χ0n) is 6.85. The van der Waals surface area contributed by atoms with Crippen LogP contribution in [0, 0.1) is 0 Å². The molecule has 1 aromatic rings. The first-order valence-corrected chi connectivity index (χ1v) is 6.01. The van der Waals surface area contributed by atoms with E-state index in [0.717, 1.165) is 0 Å². The van der Waals surface area contributed by atoms with Gasteiger partial charge in [-0.1, -0.05) is 6.42 Å². The lowest BCUT2D eigenvalue weighted by molar-refractivity contribution is 0.416. The molecule has 1 aliphatic rings. The smallest absolute Gasteiger partial charge is 0.0426 e. The lowest BCUT2D eigenvalue weighted by Gasteiger charge is -2.22. The molecule has 1 aliphatic heterocycles. The quantitative estimate of drug-likeness (QED) is 0.801. The topological polar surface area (TPSA) is 12.0 Å². The Kier molecular flexibility index (Phi) is 2.84. The van der Waals surface area contributed by atoms with E-state index >= 15 is 0 Å². The van der Waals surface area contributed by atoms with Gasteiger partial charge in [0, 0.05) is 15.4 Å². The van der Waals surface area contributed by atoms with E-state index in [1.54, 1.807) is 0 Å². The average Bonchev–Trinajstić information content (AvgIpc) is 2.53. The van der Waals surface area contributed by atoms with E-state index in [1.807, 2.05) is 11.3 Å². The summed E-state index contributed by atoms with van der Waals surface area (Å²) in [6, 6.07) is 2.74. The Labute approximate surface area is 85.3 Å². The molecule has 1 aromatic heterocycles. The van der Waals surface area contributed by atoms with Crippen LogP contribution in [0.3, 0.4) is 0 Å². The number of thiophene rings is 1. The second-order valence-electron chi connectivity index (χ2n) is 3.14. The van der Waals surface area contributed by atoms with Crippen molar-refractivity contribution in [1.82, 2.24) is 5.32 Å². The van der Waals surface area contributed by atoms with Crippen molar-refractivity contribution in [2.75, 3.05) is 6.54 Å². The van der Waals surface area contributed by atoms with Gasteiger partial charge in [0.15, 0.2) is 0 Å². The molecule has 0 aliphatic carbocycles. The highest BCUT2D eigenvalue weighted by atomic mass is 79.9. The maximum absolute atomic E-state index is 3.57. The minimum atomic E-state index is 0.605. The molecule has 0 unspecified atom stereocenters. The lowest BCUT2D eigenvalue weighted by Crippen LogP contribution is -2.26. The van der Waals surface area contributed by atoms with Crippen LogP contribution in [0.25, 0.3) is 0 Å². The molecule has 1 N–H and O–H groups in total. The lowest BCUT2D eigenvalue weighted by atomic mass is 10.0. The molecule has 0 aromatic carbocycles. The number of piperidine rings is 1. The minimum absolute atomic E-state index is 0.605. The Bertz CT molecular complexity index is 253. The van der Waals surface area contributed by atoms with Crippen molar-refractivity contribution >= 4 is 27.3 Å². The van der Waals surface area contributed by atoms with Crippen LogP contribution >= 0.6 is 27.3 Å². The molecule has 2 rings (SSSR count). The third-order valence-corrected chi connectivity index (χ3v) is 4.26. The van der Waals surface area contributed by atoms with E-state index in [-0.39, 0.29) is 0 Å². The maximum Gasteiger partial charge on any atom is 0.0426 e. The average molecular weight is 246 g/mol. The standard InChI is InChI=1S/C9H12BrNS/c10-7-4-6-12-9(7)8-3-1-2-5-11-8/h4,6,8,11H,1-3,5H2/t8-/m1/s1. The Morgan fingerprint density at radius 2 is 2.42 bits per heavy atom. The largest absolute Gasteiger partial charge is 0.309 e. The number of hydrogen-bond donors (Lipinski definition) is 1. The van der Waals surface area contributed by atoms with E-state index in [0.29, 0.717) is 6.04 Å². The molecule has 2 heterocycles. The van der Waals surface area contributed by atoms with Crippen molar-refractivity contribution < 1.29 is 0 Å². The van der Waals surface area contributed by atoms with Gasteiger partial charge in [-0.3, -0.25) is 0 Å². The summed E-state index contributed by atoms with van der Waals surface area (Å²) in [5.41, 5.74) is 0. The summed E-state index contributed by atoms with van der Waals surface area (Å²) in [5.74, 6) is 0. The van der Waals surface area contributed by atoms with E-state index in [2.05, 4.69) is 32.7 Å². The molecule has 12 heavy (non-hydrogen) atoms. The highest BCUT2D eigenvalue weighted by molar-refractivity contribution is 9.10. The highest BCUT2D eigenvalue weighted by Crippen LogP contribution is 2.33. The summed E-state index contributed by atoms with van der Waals surface area (Å²) in [4.78, 5) is 1.47. The van der Waals surface area contributed by atoms with Crippen LogP contribution < -0.4 is 5.32 Å². The van der Waals surface area contributed by atoms with E-state index < -0.39 is 0 Å². The van der Waals surface area contributed by atoms with Crippen molar-refractivity contribution in [3.63, 3.8) is 0 Å². The zero-order chi connectivity index (χ0) is 8.39. The molecule has 0 amide bonds. The van der Waals surface area contributed by atoms with Crippen molar-refractivity contribution in [3.05, 3.63) is 20.8 Å². The zero-order valence-corrected chi connectivity index (χ0v) is 9.25. The van der Waals surface area contributed by atoms with Gasteiger partial charge >= 0.3 is 0 Å². The number of nitrogens with one attached hydrogen (secondary N) is 1. The predicted octanol–water partition coefficient (Wildman–Crippen LogP) is 3.33. The molecule has 1 nitrogen and oxygen atoms in total. The molecular formula is C9H12BrNS. The molecular weight excluding hydrogens is 234 g/mol. The first-order valence-electron chi connectivity index (χ1n) is 4.34. The van der Waals surface area contributed by atoms with E-state index in [9.17, 15) is 0 Å². The number of rotatable bonds is 1. The van der Waals surface area contributed by atoms with Crippen LogP contribution in [0.4, 0.5) is 0 Å². The summed E-state index contributed by atoms with van der Waals surface area (Å²) in [6.45, 7) is 1.18. The van der Waals surface area contributed by atoms with Crippen molar-refractivity contribution in [1.29, 1.82) is 0 Å². The highest BCUT2D eigenvalue weighted by Gasteiger charge is 2.17. The molecule has 1 saturated heterocycles. The van der Waals surface area contributed by atoms with Crippen LogP contribution in [-0.2, 0) is 0 Å². The summed E-state index contributed by atoms with van der Waals surface area (Å²) in [7, 11) is 0. The molecule has 0 spiro atoms. The normalized spacial score (nSPS) is 24.2. The second-order valence-corrected chi connectivity index (χ2v) is 4.94. The molecule has 1 atom stereocenters. The second kappa shape index (κ2) is 3.90. The maximum atomic E-state index is 3.57. The van der Waals surface area contributed by atoms with Gasteiger partial charge in [0.2, 0.25) is 0 Å². The fraction of sp³-hybridized carbons (Fsp3) is 0.556. The van der Waals surface area contributed by atoms with Crippen molar-refractivity contribution in [2.45, 2.75) is 25.3 Å². The Morgan fingerprint density at radius 1 is 1.50 bits per heavy atom. The first-order chi connectivity index (χ1) is 5.88. The molecule has 3 heteroatoms. The molecule has 0 saturated carbocycles. The van der Waals surface area contributed by atoms with Crippen LogP contribution in [0.1, 0.15) is 30.2 Å². The van der Waals surface area contributed by atoms with Gasteiger partial charge in [-0.15, -0.1) is 11.3 Å². The van der Waals surface area contributed by atoms with Gasteiger partial charge in [0.05, 0.1) is 0 Å². The summed E-state index contributed by atoms with van der Waals surface area (Å²) in [5, 5.41) is 5.69. The van der Waals surface area contributed by atoms with Gasteiger partial charge in [0.25, 0.3) is 0 Å². The number of halogens is 1. The fourth-order valence-electron chi connectivity index (χ4n) is 1.63. The Morgan fingerprint density at radius 3 is 3.00 bits per heavy atom. The summed E-state index contributed by atoms with van der Waals surface area (Å²) in [6.07, 6.45) is 3.99. The van der Waals surface area contributed by atoms with Crippen LogP contribution in [-0.4, -0.2) is 6.54 Å². The third-order valence-electron chi connectivity index (χ3n) is 2.27. The number of hydrogen-bond acceptors (Lipinski definition) is 2. The van der Waals surface area contributed by atoms with E-state index in [4.69, 9.17) is 0 Å². The SMILES string of the molecule is Brc1ccsc1[C@H]1CCCCN1. The summed E-state index contributed by atoms with van der Waals surface area (Å²) < 4.78 is 1.27. The van der Waals surface area contributed by atoms with Gasteiger partial charge in [-0.25, -0.2) is 0 Å². The van der Waals surface area contributed by atoms with Gasteiger partial charge < -0.3 is 5.32 Å². The Hall–Kier alpha value is 0.140.